The van der Waals surface area contributed by atoms with Crippen LogP contribution in [0.15, 0.2) is 48.5 Å². The summed E-state index contributed by atoms with van der Waals surface area (Å²) in [5.74, 6) is -1.59. The maximum atomic E-state index is 13.5. The van der Waals surface area contributed by atoms with E-state index in [0.29, 0.717) is 25.9 Å². The van der Waals surface area contributed by atoms with Crippen molar-refractivity contribution >= 4 is 11.8 Å². The molecule has 0 saturated heterocycles. The lowest BCUT2D eigenvalue weighted by Gasteiger charge is -2.23. The van der Waals surface area contributed by atoms with Crippen molar-refractivity contribution in [1.29, 1.82) is 10.5 Å². The van der Waals surface area contributed by atoms with Gasteiger partial charge >= 0.3 is 0 Å². The molecule has 178 valence electrons. The molecule has 0 aliphatic rings. The van der Waals surface area contributed by atoms with Gasteiger partial charge in [0.1, 0.15) is 11.6 Å². The van der Waals surface area contributed by atoms with Gasteiger partial charge in [0.2, 0.25) is 0 Å². The normalized spacial score (nSPS) is 10.2. The molecular weight excluding hydrogens is 438 g/mol. The van der Waals surface area contributed by atoms with E-state index in [1.54, 1.807) is 21.9 Å². The number of carbonyl (C=O) groups excluding carboxylic acids is 2. The number of amides is 2. The highest BCUT2D eigenvalue weighted by Crippen LogP contribution is 2.12. The average Bonchev–Trinajstić information content (AvgIpc) is 2.84. The lowest BCUT2D eigenvalue weighted by molar-refractivity contribution is 0.0742. The number of carbonyl (C=O) groups is 2. The Labute approximate surface area is 199 Å². The summed E-state index contributed by atoms with van der Waals surface area (Å²) >= 11 is 0. The van der Waals surface area contributed by atoms with Crippen LogP contribution >= 0.6 is 0 Å². The summed E-state index contributed by atoms with van der Waals surface area (Å²) in [5, 5.41) is 17.8. The van der Waals surface area contributed by atoms with E-state index >= 15 is 0 Å². The molecule has 0 bridgehead atoms. The summed E-state index contributed by atoms with van der Waals surface area (Å²) in [6.45, 7) is 1.43. The number of nitriles is 2. The van der Waals surface area contributed by atoms with Crippen LogP contribution in [-0.2, 0) is 0 Å². The molecule has 0 N–H and O–H groups in total. The number of rotatable bonds is 13. The molecule has 0 aromatic heterocycles. The first-order chi connectivity index (χ1) is 16.5. The van der Waals surface area contributed by atoms with Gasteiger partial charge in [-0.15, -0.1) is 0 Å². The maximum Gasteiger partial charge on any atom is 0.253 e. The predicted molar refractivity (Wildman–Crippen MR) is 124 cm³/mol. The summed E-state index contributed by atoms with van der Waals surface area (Å²) in [5.41, 5.74) is 0.504. The van der Waals surface area contributed by atoms with E-state index in [9.17, 15) is 18.4 Å². The second-order valence-electron chi connectivity index (χ2n) is 7.84. The fraction of sp³-hybridized carbons (Fsp3) is 0.385. The van der Waals surface area contributed by atoms with Crippen LogP contribution in [0.25, 0.3) is 0 Å². The Morgan fingerprint density at radius 2 is 1.09 bits per heavy atom. The van der Waals surface area contributed by atoms with Crippen LogP contribution in [0.1, 0.15) is 59.2 Å². The van der Waals surface area contributed by atoms with Gasteiger partial charge in [-0.25, -0.2) is 8.78 Å². The lowest BCUT2D eigenvalue weighted by Crippen LogP contribution is -2.33. The Balaban J connectivity index is 1.84. The predicted octanol–water partition coefficient (Wildman–Crippen LogP) is 4.94. The van der Waals surface area contributed by atoms with E-state index in [0.717, 1.165) is 12.8 Å². The van der Waals surface area contributed by atoms with Gasteiger partial charge in [-0.3, -0.25) is 9.59 Å². The van der Waals surface area contributed by atoms with Crippen molar-refractivity contribution in [3.05, 3.63) is 71.3 Å². The fourth-order valence-corrected chi connectivity index (χ4v) is 3.57. The Morgan fingerprint density at radius 3 is 1.44 bits per heavy atom. The third-order valence-electron chi connectivity index (χ3n) is 5.31. The molecule has 0 unspecified atom stereocenters. The Morgan fingerprint density at radius 1 is 0.676 bits per heavy atom. The van der Waals surface area contributed by atoms with Gasteiger partial charge in [-0.05, 0) is 49.2 Å². The van der Waals surface area contributed by atoms with Gasteiger partial charge in [-0.2, -0.15) is 10.5 Å². The second-order valence-corrected chi connectivity index (χ2v) is 7.84. The maximum absolute atomic E-state index is 13.5. The van der Waals surface area contributed by atoms with E-state index in [1.165, 1.54) is 36.4 Å². The number of halogens is 2. The van der Waals surface area contributed by atoms with Crippen LogP contribution in [-0.4, -0.2) is 47.8 Å². The number of nitrogens with zero attached hydrogens (tertiary/aromatic N) is 4. The van der Waals surface area contributed by atoms with Gasteiger partial charge in [0.25, 0.3) is 11.8 Å². The minimum Gasteiger partial charge on any atom is -0.338 e. The van der Waals surface area contributed by atoms with Crippen LogP contribution in [0.3, 0.4) is 0 Å². The zero-order valence-electron chi connectivity index (χ0n) is 19.1. The van der Waals surface area contributed by atoms with Crippen LogP contribution in [0.5, 0.6) is 0 Å². The molecule has 2 aromatic carbocycles. The summed E-state index contributed by atoms with van der Waals surface area (Å²) in [6.07, 6.45) is 3.36. The molecule has 2 amide bonds. The molecule has 2 aromatic rings. The van der Waals surface area contributed by atoms with Crippen LogP contribution in [0.2, 0.25) is 0 Å². The first-order valence-electron chi connectivity index (χ1n) is 11.3. The summed E-state index contributed by atoms with van der Waals surface area (Å²) in [6, 6.07) is 15.0. The van der Waals surface area contributed by atoms with E-state index < -0.39 is 11.6 Å². The van der Waals surface area contributed by atoms with Crippen LogP contribution < -0.4 is 0 Å². The largest absolute Gasteiger partial charge is 0.338 e. The molecule has 0 spiro atoms. The van der Waals surface area contributed by atoms with Crippen molar-refractivity contribution in [2.75, 3.05) is 26.2 Å². The minimum absolute atomic E-state index is 0.192. The quantitative estimate of drug-likeness (QED) is 0.391. The van der Waals surface area contributed by atoms with Gasteiger partial charge in [0.15, 0.2) is 0 Å². The van der Waals surface area contributed by atoms with Crippen molar-refractivity contribution in [1.82, 2.24) is 9.80 Å². The minimum atomic E-state index is -0.486. The molecule has 34 heavy (non-hydrogen) atoms. The monoisotopic (exact) mass is 466 g/mol. The van der Waals surface area contributed by atoms with E-state index in [-0.39, 0.29) is 48.9 Å². The molecule has 0 saturated carbocycles. The second kappa shape index (κ2) is 14.4. The first kappa shape index (κ1) is 26.5. The number of hydrogen-bond acceptors (Lipinski definition) is 4. The summed E-state index contributed by atoms with van der Waals surface area (Å²) in [7, 11) is 0. The standard InChI is InChI=1S/C26H28F2N4O2/c27-23-11-5-9-21(19-23)25(33)31(17-7-13-29)15-3-1-2-4-16-32(18-8-14-30)26(34)22-10-6-12-24(28)20-22/h5-6,9-12,19-20H,1-4,7-8,15-18H2. The lowest BCUT2D eigenvalue weighted by atomic mass is 10.1. The van der Waals surface area contributed by atoms with E-state index in [4.69, 9.17) is 10.5 Å². The molecule has 0 aliphatic carbocycles. The molecule has 0 fully saturated rings. The molecule has 6 nitrogen and oxygen atoms in total. The van der Waals surface area contributed by atoms with Gasteiger partial charge in [0, 0.05) is 37.3 Å². The highest BCUT2D eigenvalue weighted by Gasteiger charge is 2.17. The van der Waals surface area contributed by atoms with E-state index in [1.807, 2.05) is 12.1 Å². The third kappa shape index (κ3) is 8.63. The van der Waals surface area contributed by atoms with Crippen LogP contribution in [0, 0.1) is 34.3 Å². The van der Waals surface area contributed by atoms with E-state index in [2.05, 4.69) is 0 Å². The van der Waals surface area contributed by atoms with Gasteiger partial charge in [0.05, 0.1) is 25.0 Å². The number of benzene rings is 2. The number of unbranched alkanes of at least 4 members (excludes halogenated alkanes) is 3. The van der Waals surface area contributed by atoms with Crippen molar-refractivity contribution in [3.63, 3.8) is 0 Å². The summed E-state index contributed by atoms with van der Waals surface area (Å²) in [4.78, 5) is 28.5. The van der Waals surface area contributed by atoms with Crippen molar-refractivity contribution in [2.24, 2.45) is 0 Å². The van der Waals surface area contributed by atoms with Gasteiger partial charge < -0.3 is 9.80 Å². The summed E-state index contributed by atoms with van der Waals surface area (Å²) < 4.78 is 26.9. The number of hydrogen-bond donors (Lipinski definition) is 0. The fourth-order valence-electron chi connectivity index (χ4n) is 3.57. The van der Waals surface area contributed by atoms with Crippen LogP contribution in [0.4, 0.5) is 8.78 Å². The van der Waals surface area contributed by atoms with Crippen molar-refractivity contribution in [3.8, 4) is 12.1 Å². The zero-order chi connectivity index (χ0) is 24.8. The molecule has 0 aliphatic heterocycles. The molecular formula is C26H28F2N4O2. The molecule has 0 radical (unpaired) electrons. The Hall–Kier alpha value is -3.78. The molecule has 0 atom stereocenters. The zero-order valence-corrected chi connectivity index (χ0v) is 19.1. The van der Waals surface area contributed by atoms with Crippen molar-refractivity contribution in [2.45, 2.75) is 38.5 Å². The Kier molecular flexibility index (Phi) is 11.2. The van der Waals surface area contributed by atoms with Crippen molar-refractivity contribution < 1.29 is 18.4 Å². The Bertz CT molecular complexity index is 962. The third-order valence-corrected chi connectivity index (χ3v) is 5.31. The first-order valence-corrected chi connectivity index (χ1v) is 11.3. The smallest absolute Gasteiger partial charge is 0.253 e. The molecule has 2 rings (SSSR count). The molecule has 0 heterocycles. The SMILES string of the molecule is N#CCCN(CCCCCCN(CCC#N)C(=O)c1cccc(F)c1)C(=O)c1cccc(F)c1. The highest BCUT2D eigenvalue weighted by molar-refractivity contribution is 5.94. The molecule has 8 heteroatoms. The highest BCUT2D eigenvalue weighted by atomic mass is 19.1. The topological polar surface area (TPSA) is 88.2 Å². The van der Waals surface area contributed by atoms with Gasteiger partial charge in [-0.1, -0.05) is 25.0 Å². The average molecular weight is 467 g/mol.